The van der Waals surface area contributed by atoms with Crippen molar-refractivity contribution < 1.29 is 18.9 Å². The molecule has 0 fully saturated rings. The summed E-state index contributed by atoms with van der Waals surface area (Å²) in [6.45, 7) is 0.922. The van der Waals surface area contributed by atoms with E-state index in [-0.39, 0.29) is 0 Å². The van der Waals surface area contributed by atoms with E-state index in [0.717, 1.165) is 34.1 Å². The zero-order valence-electron chi connectivity index (χ0n) is 15.0. The predicted octanol–water partition coefficient (Wildman–Crippen LogP) is 4.86. The topological polar surface area (TPSA) is 36.9 Å². The van der Waals surface area contributed by atoms with Crippen LogP contribution >= 0.6 is 0 Å². The van der Waals surface area contributed by atoms with Gasteiger partial charge in [-0.15, -0.1) is 0 Å². The molecular formula is C22H22O4. The fourth-order valence-corrected chi connectivity index (χ4v) is 2.61. The lowest BCUT2D eigenvalue weighted by atomic mass is 10.1. The summed E-state index contributed by atoms with van der Waals surface area (Å²) in [5.74, 6) is 2.91. The van der Waals surface area contributed by atoms with Crippen molar-refractivity contribution in [3.8, 4) is 23.0 Å². The molecule has 4 nitrogen and oxygen atoms in total. The van der Waals surface area contributed by atoms with Crippen LogP contribution in [0.4, 0.5) is 0 Å². The van der Waals surface area contributed by atoms with Gasteiger partial charge in [0.05, 0.1) is 14.2 Å². The standard InChI is InChI=1S/C22H22O4/c1-23-19-10-3-5-12-21(19)25-15-17-8-7-9-18(14-17)16-26-22-13-6-4-11-20(22)24-2/h3-14H,15-16H2,1-2H3. The van der Waals surface area contributed by atoms with Crippen LogP contribution in [-0.4, -0.2) is 14.2 Å². The lowest BCUT2D eigenvalue weighted by molar-refractivity contribution is 0.279. The Morgan fingerprint density at radius 2 is 0.962 bits per heavy atom. The second-order valence-corrected chi connectivity index (χ2v) is 5.70. The molecule has 0 aliphatic rings. The molecule has 0 saturated heterocycles. The maximum absolute atomic E-state index is 5.88. The van der Waals surface area contributed by atoms with Gasteiger partial charge < -0.3 is 18.9 Å². The van der Waals surface area contributed by atoms with Gasteiger partial charge >= 0.3 is 0 Å². The minimum Gasteiger partial charge on any atom is -0.493 e. The average molecular weight is 350 g/mol. The first-order chi connectivity index (χ1) is 12.8. The third kappa shape index (κ3) is 4.48. The van der Waals surface area contributed by atoms with E-state index in [1.807, 2.05) is 66.7 Å². The summed E-state index contributed by atoms with van der Waals surface area (Å²) in [4.78, 5) is 0. The smallest absolute Gasteiger partial charge is 0.161 e. The molecular weight excluding hydrogens is 328 g/mol. The van der Waals surface area contributed by atoms with E-state index in [9.17, 15) is 0 Å². The second kappa shape index (κ2) is 8.81. The van der Waals surface area contributed by atoms with Gasteiger partial charge in [-0.2, -0.15) is 0 Å². The fraction of sp³-hybridized carbons (Fsp3) is 0.182. The number of hydrogen-bond donors (Lipinski definition) is 0. The number of ether oxygens (including phenoxy) is 4. The van der Waals surface area contributed by atoms with E-state index in [1.165, 1.54) is 0 Å². The summed E-state index contributed by atoms with van der Waals surface area (Å²) in [6, 6.07) is 23.4. The van der Waals surface area contributed by atoms with Gasteiger partial charge in [-0.05, 0) is 41.5 Å². The lowest BCUT2D eigenvalue weighted by Crippen LogP contribution is -2.01. The lowest BCUT2D eigenvalue weighted by Gasteiger charge is -2.12. The molecule has 0 aliphatic heterocycles. The molecule has 0 N–H and O–H groups in total. The number of hydrogen-bond acceptors (Lipinski definition) is 4. The molecule has 0 bridgehead atoms. The molecule has 0 atom stereocenters. The van der Waals surface area contributed by atoms with E-state index in [0.29, 0.717) is 13.2 Å². The largest absolute Gasteiger partial charge is 0.493 e. The first kappa shape index (κ1) is 17.7. The molecule has 0 heterocycles. The van der Waals surface area contributed by atoms with E-state index < -0.39 is 0 Å². The van der Waals surface area contributed by atoms with Crippen LogP contribution in [0.1, 0.15) is 11.1 Å². The zero-order chi connectivity index (χ0) is 18.2. The van der Waals surface area contributed by atoms with E-state index in [1.54, 1.807) is 14.2 Å². The quantitative estimate of drug-likeness (QED) is 0.581. The Labute approximate surface area is 153 Å². The highest BCUT2D eigenvalue weighted by atomic mass is 16.5. The van der Waals surface area contributed by atoms with Crippen molar-refractivity contribution in [3.63, 3.8) is 0 Å². The van der Waals surface area contributed by atoms with Gasteiger partial charge in [-0.3, -0.25) is 0 Å². The van der Waals surface area contributed by atoms with E-state index in [4.69, 9.17) is 18.9 Å². The van der Waals surface area contributed by atoms with Crippen LogP contribution in [0.25, 0.3) is 0 Å². The number of para-hydroxylation sites is 4. The molecule has 0 spiro atoms. The maximum atomic E-state index is 5.88. The molecule has 0 saturated carbocycles. The minimum absolute atomic E-state index is 0.461. The van der Waals surface area contributed by atoms with Gasteiger partial charge in [0.15, 0.2) is 23.0 Å². The van der Waals surface area contributed by atoms with Crippen molar-refractivity contribution >= 4 is 0 Å². The summed E-state index contributed by atoms with van der Waals surface area (Å²) in [6.07, 6.45) is 0. The van der Waals surface area contributed by atoms with Crippen LogP contribution < -0.4 is 18.9 Å². The highest BCUT2D eigenvalue weighted by Gasteiger charge is 2.05. The molecule has 3 aromatic carbocycles. The van der Waals surface area contributed by atoms with Crippen molar-refractivity contribution in [3.05, 3.63) is 83.9 Å². The van der Waals surface area contributed by atoms with Gasteiger partial charge in [-0.1, -0.05) is 42.5 Å². The summed E-state index contributed by atoms with van der Waals surface area (Å²) in [7, 11) is 3.27. The molecule has 0 unspecified atom stereocenters. The fourth-order valence-electron chi connectivity index (χ4n) is 2.61. The average Bonchev–Trinajstić information content (AvgIpc) is 2.71. The van der Waals surface area contributed by atoms with Crippen molar-refractivity contribution in [1.29, 1.82) is 0 Å². The van der Waals surface area contributed by atoms with Crippen LogP contribution in [0.5, 0.6) is 23.0 Å². The van der Waals surface area contributed by atoms with Gasteiger partial charge in [0, 0.05) is 0 Å². The predicted molar refractivity (Wildman–Crippen MR) is 101 cm³/mol. The molecule has 0 amide bonds. The van der Waals surface area contributed by atoms with Crippen LogP contribution in [0.15, 0.2) is 72.8 Å². The minimum atomic E-state index is 0.461. The second-order valence-electron chi connectivity index (χ2n) is 5.70. The van der Waals surface area contributed by atoms with Crippen LogP contribution in [0.2, 0.25) is 0 Å². The molecule has 4 heteroatoms. The molecule has 26 heavy (non-hydrogen) atoms. The first-order valence-electron chi connectivity index (χ1n) is 8.39. The third-order valence-corrected chi connectivity index (χ3v) is 3.92. The molecule has 0 aliphatic carbocycles. The zero-order valence-corrected chi connectivity index (χ0v) is 15.0. The van der Waals surface area contributed by atoms with Crippen LogP contribution in [-0.2, 0) is 13.2 Å². The molecule has 0 aromatic heterocycles. The van der Waals surface area contributed by atoms with E-state index in [2.05, 4.69) is 6.07 Å². The highest BCUT2D eigenvalue weighted by Crippen LogP contribution is 2.28. The Hall–Kier alpha value is -3.14. The van der Waals surface area contributed by atoms with Crippen molar-refractivity contribution in [1.82, 2.24) is 0 Å². The third-order valence-electron chi connectivity index (χ3n) is 3.92. The summed E-state index contributed by atoms with van der Waals surface area (Å²) < 4.78 is 22.4. The Bertz CT molecular complexity index is 778. The van der Waals surface area contributed by atoms with Gasteiger partial charge in [-0.25, -0.2) is 0 Å². The highest BCUT2D eigenvalue weighted by molar-refractivity contribution is 5.40. The first-order valence-corrected chi connectivity index (χ1v) is 8.39. The summed E-state index contributed by atoms with van der Waals surface area (Å²) in [5, 5.41) is 0. The van der Waals surface area contributed by atoms with E-state index >= 15 is 0 Å². The van der Waals surface area contributed by atoms with Gasteiger partial charge in [0.2, 0.25) is 0 Å². The SMILES string of the molecule is COc1ccccc1OCc1cccc(COc2ccccc2OC)c1. The Morgan fingerprint density at radius 1 is 0.538 bits per heavy atom. The van der Waals surface area contributed by atoms with Gasteiger partial charge in [0.25, 0.3) is 0 Å². The normalized spacial score (nSPS) is 10.2. The Morgan fingerprint density at radius 3 is 1.38 bits per heavy atom. The van der Waals surface area contributed by atoms with Crippen LogP contribution in [0.3, 0.4) is 0 Å². The van der Waals surface area contributed by atoms with Crippen molar-refractivity contribution in [2.24, 2.45) is 0 Å². The Balaban J connectivity index is 1.63. The molecule has 134 valence electrons. The number of benzene rings is 3. The van der Waals surface area contributed by atoms with Crippen molar-refractivity contribution in [2.45, 2.75) is 13.2 Å². The Kier molecular flexibility index (Phi) is 5.99. The van der Waals surface area contributed by atoms with Crippen LogP contribution in [0, 0.1) is 0 Å². The monoisotopic (exact) mass is 350 g/mol. The number of rotatable bonds is 8. The molecule has 0 radical (unpaired) electrons. The van der Waals surface area contributed by atoms with Gasteiger partial charge in [0.1, 0.15) is 13.2 Å². The molecule has 3 rings (SSSR count). The maximum Gasteiger partial charge on any atom is 0.161 e. The van der Waals surface area contributed by atoms with Crippen molar-refractivity contribution in [2.75, 3.05) is 14.2 Å². The summed E-state index contributed by atoms with van der Waals surface area (Å²) >= 11 is 0. The molecule has 3 aromatic rings. The number of methoxy groups -OCH3 is 2. The summed E-state index contributed by atoms with van der Waals surface area (Å²) in [5.41, 5.74) is 2.13.